The van der Waals surface area contributed by atoms with E-state index < -0.39 is 12.1 Å². The number of carboxylic acid groups (broad SMARTS) is 1. The first-order chi connectivity index (χ1) is 14.1. The Morgan fingerprint density at radius 2 is 1.48 bits per heavy atom. The van der Waals surface area contributed by atoms with Gasteiger partial charge in [-0.25, -0.2) is 0 Å². The SMILES string of the molecule is CCCCCCCCCC(CCCC(O)CCCC(=O)O)OCc1ccccc1. The third-order valence-electron chi connectivity index (χ3n) is 5.45. The number of aliphatic hydroxyl groups excluding tert-OH is 1. The van der Waals surface area contributed by atoms with Crippen molar-refractivity contribution in [2.75, 3.05) is 0 Å². The monoisotopic (exact) mass is 406 g/mol. The fourth-order valence-corrected chi connectivity index (χ4v) is 3.64. The molecule has 0 saturated heterocycles. The van der Waals surface area contributed by atoms with Gasteiger partial charge in [0.1, 0.15) is 0 Å². The zero-order valence-corrected chi connectivity index (χ0v) is 18.4. The van der Waals surface area contributed by atoms with E-state index in [-0.39, 0.29) is 12.5 Å². The molecule has 0 fully saturated rings. The summed E-state index contributed by atoms with van der Waals surface area (Å²) in [6.45, 7) is 2.89. The van der Waals surface area contributed by atoms with Crippen molar-refractivity contribution in [2.45, 2.75) is 116 Å². The molecule has 0 aliphatic rings. The summed E-state index contributed by atoms with van der Waals surface area (Å²) in [6.07, 6.45) is 13.9. The molecule has 4 heteroatoms. The van der Waals surface area contributed by atoms with E-state index in [0.717, 1.165) is 25.7 Å². The van der Waals surface area contributed by atoms with Crippen molar-refractivity contribution in [3.63, 3.8) is 0 Å². The number of rotatable bonds is 19. The first-order valence-corrected chi connectivity index (χ1v) is 11.7. The number of benzene rings is 1. The van der Waals surface area contributed by atoms with Gasteiger partial charge in [0.2, 0.25) is 0 Å². The summed E-state index contributed by atoms with van der Waals surface area (Å²) in [5.74, 6) is -0.790. The molecule has 0 saturated carbocycles. The van der Waals surface area contributed by atoms with Gasteiger partial charge in [-0.15, -0.1) is 0 Å². The van der Waals surface area contributed by atoms with Crippen molar-refractivity contribution < 1.29 is 19.7 Å². The average Bonchev–Trinajstić information content (AvgIpc) is 2.71. The van der Waals surface area contributed by atoms with Crippen molar-refractivity contribution in [3.05, 3.63) is 35.9 Å². The fourth-order valence-electron chi connectivity index (χ4n) is 3.64. The number of carboxylic acids is 1. The van der Waals surface area contributed by atoms with Gasteiger partial charge in [0.25, 0.3) is 0 Å². The minimum Gasteiger partial charge on any atom is -0.481 e. The van der Waals surface area contributed by atoms with Gasteiger partial charge in [-0.3, -0.25) is 4.79 Å². The molecule has 0 radical (unpaired) electrons. The van der Waals surface area contributed by atoms with E-state index in [9.17, 15) is 9.90 Å². The number of aliphatic carboxylic acids is 1. The number of aliphatic hydroxyl groups is 1. The van der Waals surface area contributed by atoms with Gasteiger partial charge in [-0.05, 0) is 44.1 Å². The Balaban J connectivity index is 2.28. The van der Waals surface area contributed by atoms with E-state index in [4.69, 9.17) is 9.84 Å². The Hall–Kier alpha value is -1.39. The Bertz CT molecular complexity index is 503. The van der Waals surface area contributed by atoms with Crippen molar-refractivity contribution in [2.24, 2.45) is 0 Å². The van der Waals surface area contributed by atoms with E-state index in [1.54, 1.807) is 0 Å². The minimum absolute atomic E-state index is 0.137. The molecule has 4 nitrogen and oxygen atoms in total. The second kappa shape index (κ2) is 17.5. The molecular formula is C25H42O4. The highest BCUT2D eigenvalue weighted by Gasteiger charge is 2.12. The van der Waals surface area contributed by atoms with E-state index in [1.807, 2.05) is 18.2 Å². The molecule has 0 spiro atoms. The highest BCUT2D eigenvalue weighted by molar-refractivity contribution is 5.66. The predicted octanol–water partition coefficient (Wildman–Crippen LogP) is 6.50. The first kappa shape index (κ1) is 25.6. The average molecular weight is 407 g/mol. The topological polar surface area (TPSA) is 66.8 Å². The molecule has 0 heterocycles. The molecule has 2 unspecified atom stereocenters. The van der Waals surface area contributed by atoms with Crippen LogP contribution in [0, 0.1) is 0 Å². The van der Waals surface area contributed by atoms with Crippen LogP contribution in [-0.2, 0) is 16.1 Å². The molecule has 2 N–H and O–H groups in total. The largest absolute Gasteiger partial charge is 0.481 e. The van der Waals surface area contributed by atoms with Gasteiger partial charge in [0.15, 0.2) is 0 Å². The smallest absolute Gasteiger partial charge is 0.303 e. The fraction of sp³-hybridized carbons (Fsp3) is 0.720. The summed E-state index contributed by atoms with van der Waals surface area (Å²) in [5.41, 5.74) is 1.20. The van der Waals surface area contributed by atoms with Gasteiger partial charge in [0.05, 0.1) is 18.8 Å². The predicted molar refractivity (Wildman–Crippen MR) is 119 cm³/mol. The Labute approximate surface area is 177 Å². The number of carbonyl (C=O) groups is 1. The van der Waals surface area contributed by atoms with E-state index in [1.165, 1.54) is 50.5 Å². The summed E-state index contributed by atoms with van der Waals surface area (Å²) in [4.78, 5) is 10.6. The number of hydrogen-bond donors (Lipinski definition) is 2. The lowest BCUT2D eigenvalue weighted by atomic mass is 10.0. The van der Waals surface area contributed by atoms with Crippen LogP contribution < -0.4 is 0 Å². The normalized spacial score (nSPS) is 13.3. The maximum absolute atomic E-state index is 10.6. The molecule has 0 aliphatic heterocycles. The van der Waals surface area contributed by atoms with E-state index in [0.29, 0.717) is 19.4 Å². The number of hydrogen-bond acceptors (Lipinski definition) is 3. The van der Waals surface area contributed by atoms with Gasteiger partial charge in [-0.2, -0.15) is 0 Å². The molecule has 2 atom stereocenters. The first-order valence-electron chi connectivity index (χ1n) is 11.7. The van der Waals surface area contributed by atoms with Crippen LogP contribution in [0.3, 0.4) is 0 Å². The van der Waals surface area contributed by atoms with Crippen molar-refractivity contribution in [3.8, 4) is 0 Å². The lowest BCUT2D eigenvalue weighted by Crippen LogP contribution is -2.15. The molecule has 29 heavy (non-hydrogen) atoms. The molecule has 0 amide bonds. The van der Waals surface area contributed by atoms with Crippen molar-refractivity contribution in [1.82, 2.24) is 0 Å². The molecule has 1 aromatic carbocycles. The number of ether oxygens (including phenoxy) is 1. The maximum atomic E-state index is 10.6. The van der Waals surface area contributed by atoms with Crippen LogP contribution in [0.25, 0.3) is 0 Å². The standard InChI is InChI=1S/C25H42O4/c1-2-3-4-5-6-7-11-18-24(29-21-22-14-9-8-10-15-22)19-12-16-23(26)17-13-20-25(27)28/h8-10,14-15,23-24,26H,2-7,11-13,16-21H2,1H3,(H,27,28). The van der Waals surface area contributed by atoms with Crippen LogP contribution in [0.1, 0.15) is 102 Å². The van der Waals surface area contributed by atoms with Gasteiger partial charge < -0.3 is 14.9 Å². The molecule has 0 bridgehead atoms. The van der Waals surface area contributed by atoms with Gasteiger partial charge >= 0.3 is 5.97 Å². The number of unbranched alkanes of at least 4 members (excludes halogenated alkanes) is 6. The summed E-state index contributed by atoms with van der Waals surface area (Å²) < 4.78 is 6.21. The quantitative estimate of drug-likeness (QED) is 0.257. The maximum Gasteiger partial charge on any atom is 0.303 e. The zero-order chi connectivity index (χ0) is 21.2. The third kappa shape index (κ3) is 15.2. The van der Waals surface area contributed by atoms with Crippen LogP contribution in [-0.4, -0.2) is 28.4 Å². The second-order valence-electron chi connectivity index (χ2n) is 8.20. The van der Waals surface area contributed by atoms with Crippen LogP contribution in [0.5, 0.6) is 0 Å². The lowest BCUT2D eigenvalue weighted by molar-refractivity contribution is -0.137. The van der Waals surface area contributed by atoms with E-state index in [2.05, 4.69) is 19.1 Å². The van der Waals surface area contributed by atoms with Crippen LogP contribution >= 0.6 is 0 Å². The van der Waals surface area contributed by atoms with Crippen LogP contribution in [0.4, 0.5) is 0 Å². The highest BCUT2D eigenvalue weighted by atomic mass is 16.5. The Morgan fingerprint density at radius 3 is 2.17 bits per heavy atom. The van der Waals surface area contributed by atoms with Crippen LogP contribution in [0.15, 0.2) is 30.3 Å². The Morgan fingerprint density at radius 1 is 0.862 bits per heavy atom. The molecule has 1 rings (SSSR count). The summed E-state index contributed by atoms with van der Waals surface area (Å²) in [7, 11) is 0. The zero-order valence-electron chi connectivity index (χ0n) is 18.4. The van der Waals surface area contributed by atoms with Crippen molar-refractivity contribution in [1.29, 1.82) is 0 Å². The van der Waals surface area contributed by atoms with Gasteiger partial charge in [-0.1, -0.05) is 82.2 Å². The minimum atomic E-state index is -0.790. The molecule has 0 aromatic heterocycles. The molecule has 0 aliphatic carbocycles. The summed E-state index contributed by atoms with van der Waals surface area (Å²) in [5, 5.41) is 18.8. The molecular weight excluding hydrogens is 364 g/mol. The van der Waals surface area contributed by atoms with Crippen molar-refractivity contribution >= 4 is 5.97 Å². The Kier molecular flexibility index (Phi) is 15.4. The third-order valence-corrected chi connectivity index (χ3v) is 5.45. The summed E-state index contributed by atoms with van der Waals surface area (Å²) >= 11 is 0. The van der Waals surface area contributed by atoms with Crippen LogP contribution in [0.2, 0.25) is 0 Å². The van der Waals surface area contributed by atoms with E-state index >= 15 is 0 Å². The molecule has 166 valence electrons. The summed E-state index contributed by atoms with van der Waals surface area (Å²) in [6, 6.07) is 10.3. The lowest BCUT2D eigenvalue weighted by Gasteiger charge is -2.19. The van der Waals surface area contributed by atoms with Gasteiger partial charge in [0, 0.05) is 6.42 Å². The molecule has 1 aromatic rings. The second-order valence-corrected chi connectivity index (χ2v) is 8.20. The highest BCUT2D eigenvalue weighted by Crippen LogP contribution is 2.18.